The van der Waals surface area contributed by atoms with Gasteiger partial charge in [-0.15, -0.1) is 0 Å². The molecule has 1 atom stereocenters. The number of halogens is 2. The minimum Gasteiger partial charge on any atom is -0.489 e. The van der Waals surface area contributed by atoms with Gasteiger partial charge < -0.3 is 4.74 Å². The SMILES string of the molecule is C=CCOc1ccc(Br)cc1/C=N\NC(=O)[C@@H](Cc1ccccc1)NS(=O)(=O)c1ccc(I)cc1. The van der Waals surface area contributed by atoms with E-state index in [9.17, 15) is 13.2 Å². The van der Waals surface area contributed by atoms with Crippen LogP contribution in [0, 0.1) is 3.57 Å². The summed E-state index contributed by atoms with van der Waals surface area (Å²) in [7, 11) is -3.94. The zero-order chi connectivity index (χ0) is 25.3. The average molecular weight is 668 g/mol. The van der Waals surface area contributed by atoms with Gasteiger partial charge >= 0.3 is 0 Å². The number of carbonyl (C=O) groups excluding carboxylic acids is 1. The molecule has 0 aliphatic rings. The molecule has 3 rings (SSSR count). The van der Waals surface area contributed by atoms with Crippen LogP contribution in [0.1, 0.15) is 11.1 Å². The summed E-state index contributed by atoms with van der Waals surface area (Å²) in [5.41, 5.74) is 3.87. The maximum absolute atomic E-state index is 13.0. The van der Waals surface area contributed by atoms with E-state index in [4.69, 9.17) is 4.74 Å². The minimum atomic E-state index is -3.94. The van der Waals surface area contributed by atoms with Crippen molar-refractivity contribution in [1.82, 2.24) is 10.1 Å². The molecule has 0 aliphatic heterocycles. The van der Waals surface area contributed by atoms with E-state index in [2.05, 4.69) is 60.3 Å². The summed E-state index contributed by atoms with van der Waals surface area (Å²) >= 11 is 5.50. The summed E-state index contributed by atoms with van der Waals surface area (Å²) < 4.78 is 35.8. The summed E-state index contributed by atoms with van der Waals surface area (Å²) in [6, 6.07) is 19.8. The van der Waals surface area contributed by atoms with Crippen LogP contribution in [0.4, 0.5) is 0 Å². The molecule has 0 saturated heterocycles. The van der Waals surface area contributed by atoms with E-state index in [0.717, 1.165) is 13.6 Å². The van der Waals surface area contributed by atoms with Crippen molar-refractivity contribution >= 4 is 60.7 Å². The number of ether oxygens (including phenoxy) is 1. The Labute approximate surface area is 227 Å². The summed E-state index contributed by atoms with van der Waals surface area (Å²) in [5, 5.41) is 4.04. The Kier molecular flexibility index (Phi) is 10.0. The van der Waals surface area contributed by atoms with Gasteiger partial charge in [-0.1, -0.05) is 58.9 Å². The van der Waals surface area contributed by atoms with Crippen LogP contribution < -0.4 is 14.9 Å². The summed E-state index contributed by atoms with van der Waals surface area (Å²) in [4.78, 5) is 13.1. The zero-order valence-electron chi connectivity index (χ0n) is 18.5. The van der Waals surface area contributed by atoms with Gasteiger partial charge in [0, 0.05) is 13.6 Å². The molecule has 182 valence electrons. The summed E-state index contributed by atoms with van der Waals surface area (Å²) in [6.45, 7) is 3.95. The Morgan fingerprint density at radius 2 is 1.83 bits per heavy atom. The van der Waals surface area contributed by atoms with Crippen molar-refractivity contribution in [3.63, 3.8) is 0 Å². The van der Waals surface area contributed by atoms with Crippen molar-refractivity contribution in [3.05, 3.63) is 105 Å². The second kappa shape index (κ2) is 13.0. The largest absolute Gasteiger partial charge is 0.489 e. The average Bonchev–Trinajstić information content (AvgIpc) is 2.84. The van der Waals surface area contributed by atoms with Crippen molar-refractivity contribution in [3.8, 4) is 5.75 Å². The van der Waals surface area contributed by atoms with Crippen LogP contribution >= 0.6 is 38.5 Å². The number of hydrogen-bond donors (Lipinski definition) is 2. The van der Waals surface area contributed by atoms with E-state index >= 15 is 0 Å². The van der Waals surface area contributed by atoms with Crippen LogP contribution in [-0.4, -0.2) is 33.2 Å². The fourth-order valence-corrected chi connectivity index (χ4v) is 4.98. The molecule has 7 nitrogen and oxygen atoms in total. The van der Waals surface area contributed by atoms with Crippen LogP contribution in [0.2, 0.25) is 0 Å². The number of sulfonamides is 1. The van der Waals surface area contributed by atoms with Gasteiger partial charge in [0.05, 0.1) is 11.1 Å². The number of nitrogens with zero attached hydrogens (tertiary/aromatic N) is 1. The third-order valence-electron chi connectivity index (χ3n) is 4.73. The van der Waals surface area contributed by atoms with E-state index in [0.29, 0.717) is 17.9 Å². The van der Waals surface area contributed by atoms with Gasteiger partial charge in [-0.05, 0) is 77.0 Å². The van der Waals surface area contributed by atoms with Crippen molar-refractivity contribution in [2.24, 2.45) is 5.10 Å². The molecule has 0 radical (unpaired) electrons. The molecule has 3 aromatic rings. The Hall–Kier alpha value is -2.54. The molecule has 2 N–H and O–H groups in total. The third kappa shape index (κ3) is 8.27. The van der Waals surface area contributed by atoms with Crippen molar-refractivity contribution in [1.29, 1.82) is 0 Å². The first-order valence-corrected chi connectivity index (χ1v) is 13.8. The molecule has 1 amide bonds. The lowest BCUT2D eigenvalue weighted by atomic mass is 10.1. The van der Waals surface area contributed by atoms with Crippen LogP contribution in [-0.2, 0) is 21.2 Å². The molecule has 0 spiro atoms. The predicted octanol–water partition coefficient (Wildman–Crippen LogP) is 4.66. The summed E-state index contributed by atoms with van der Waals surface area (Å²) in [5.74, 6) is -0.0332. The van der Waals surface area contributed by atoms with E-state index in [1.54, 1.807) is 30.3 Å². The number of rotatable bonds is 11. The molecule has 0 heterocycles. The Bertz CT molecular complexity index is 1300. The van der Waals surface area contributed by atoms with Gasteiger partial charge in [-0.3, -0.25) is 4.79 Å². The molecule has 0 fully saturated rings. The summed E-state index contributed by atoms with van der Waals surface area (Å²) in [6.07, 6.45) is 3.21. The molecule has 0 aliphatic carbocycles. The molecular weight excluding hydrogens is 645 g/mol. The maximum Gasteiger partial charge on any atom is 0.258 e. The highest BCUT2D eigenvalue weighted by Gasteiger charge is 2.26. The lowest BCUT2D eigenvalue weighted by Gasteiger charge is -2.17. The first-order valence-electron chi connectivity index (χ1n) is 10.5. The highest BCUT2D eigenvalue weighted by atomic mass is 127. The van der Waals surface area contributed by atoms with E-state index in [1.165, 1.54) is 18.3 Å². The van der Waals surface area contributed by atoms with Crippen LogP contribution in [0.15, 0.2) is 99.9 Å². The number of benzene rings is 3. The number of carbonyl (C=O) groups is 1. The smallest absolute Gasteiger partial charge is 0.258 e. The van der Waals surface area contributed by atoms with Crippen molar-refractivity contribution in [2.45, 2.75) is 17.4 Å². The fraction of sp³-hybridized carbons (Fsp3) is 0.120. The lowest BCUT2D eigenvalue weighted by Crippen LogP contribution is -2.46. The third-order valence-corrected chi connectivity index (χ3v) is 7.43. The standard InChI is InChI=1S/C25H23BrIN3O4S/c1-2-14-34-24-13-8-20(26)16-19(24)17-28-29-25(31)23(15-18-6-4-3-5-7-18)30-35(32,33)22-11-9-21(27)10-12-22/h2-13,16-17,23,30H,1,14-15H2,(H,29,31)/b28-17-/t23-/m1/s1. The van der Waals surface area contributed by atoms with Crippen LogP contribution in [0.25, 0.3) is 0 Å². The van der Waals surface area contributed by atoms with Gasteiger partial charge in [0.25, 0.3) is 5.91 Å². The van der Waals surface area contributed by atoms with Gasteiger partial charge in [-0.25, -0.2) is 13.8 Å². The molecule has 3 aromatic carbocycles. The maximum atomic E-state index is 13.0. The first-order chi connectivity index (χ1) is 16.8. The first kappa shape index (κ1) is 27.1. The van der Waals surface area contributed by atoms with E-state index in [1.807, 2.05) is 36.4 Å². The molecule has 0 saturated carbocycles. The Morgan fingerprint density at radius 3 is 2.51 bits per heavy atom. The lowest BCUT2D eigenvalue weighted by molar-refractivity contribution is -0.122. The number of nitrogens with one attached hydrogen (secondary N) is 2. The number of hydrazone groups is 1. The Balaban J connectivity index is 1.80. The van der Waals surface area contributed by atoms with Gasteiger partial charge in [-0.2, -0.15) is 9.82 Å². The minimum absolute atomic E-state index is 0.0745. The molecule has 0 bridgehead atoms. The quantitative estimate of drug-likeness (QED) is 0.135. The van der Waals surface area contributed by atoms with Crippen molar-refractivity contribution in [2.75, 3.05) is 6.61 Å². The second-order valence-corrected chi connectivity index (χ2v) is 11.2. The molecule has 10 heteroatoms. The number of hydrogen-bond acceptors (Lipinski definition) is 5. The van der Waals surface area contributed by atoms with Crippen LogP contribution in [0.5, 0.6) is 5.75 Å². The van der Waals surface area contributed by atoms with E-state index in [-0.39, 0.29) is 11.3 Å². The molecule has 0 aromatic heterocycles. The highest BCUT2D eigenvalue weighted by Crippen LogP contribution is 2.22. The fourth-order valence-electron chi connectivity index (χ4n) is 3.05. The Morgan fingerprint density at radius 1 is 1.11 bits per heavy atom. The van der Waals surface area contributed by atoms with Crippen LogP contribution in [0.3, 0.4) is 0 Å². The van der Waals surface area contributed by atoms with Gasteiger partial charge in [0.15, 0.2) is 0 Å². The normalized spacial score (nSPS) is 12.3. The van der Waals surface area contributed by atoms with Crippen molar-refractivity contribution < 1.29 is 17.9 Å². The molecule has 0 unspecified atom stereocenters. The topological polar surface area (TPSA) is 96.9 Å². The van der Waals surface area contributed by atoms with Gasteiger partial charge in [0.2, 0.25) is 10.0 Å². The zero-order valence-corrected chi connectivity index (χ0v) is 23.1. The number of amides is 1. The monoisotopic (exact) mass is 667 g/mol. The second-order valence-electron chi connectivity index (χ2n) is 7.33. The molecule has 35 heavy (non-hydrogen) atoms. The molecular formula is C25H23BrIN3O4S. The predicted molar refractivity (Wildman–Crippen MR) is 149 cm³/mol. The highest BCUT2D eigenvalue weighted by molar-refractivity contribution is 14.1. The van der Waals surface area contributed by atoms with E-state index < -0.39 is 22.0 Å². The van der Waals surface area contributed by atoms with Gasteiger partial charge in [0.1, 0.15) is 18.4 Å².